The molecule has 1 unspecified atom stereocenters. The molecule has 0 radical (unpaired) electrons. The van der Waals surface area contributed by atoms with Gasteiger partial charge in [-0.2, -0.15) is 0 Å². The number of benzene rings is 1. The van der Waals surface area contributed by atoms with Crippen molar-refractivity contribution >= 4 is 10.0 Å². The largest absolute Gasteiger partial charge is 0.310 e. The first-order valence-electron chi connectivity index (χ1n) is 7.49. The lowest BCUT2D eigenvalue weighted by Crippen LogP contribution is -2.29. The van der Waals surface area contributed by atoms with Crippen molar-refractivity contribution in [1.29, 1.82) is 0 Å². The lowest BCUT2D eigenvalue weighted by atomic mass is 10.1. The van der Waals surface area contributed by atoms with E-state index in [1.54, 1.807) is 0 Å². The lowest BCUT2D eigenvalue weighted by Gasteiger charge is -2.10. The summed E-state index contributed by atoms with van der Waals surface area (Å²) in [5, 5.41) is 3.34. The molecule has 2 rings (SSSR count). The summed E-state index contributed by atoms with van der Waals surface area (Å²) in [5.41, 5.74) is 2.11. The normalized spacial score (nSPS) is 20.7. The highest BCUT2D eigenvalue weighted by Gasteiger charge is 2.47. The van der Waals surface area contributed by atoms with Crippen molar-refractivity contribution in [2.24, 2.45) is 5.41 Å². The molecule has 1 aliphatic carbocycles. The van der Waals surface area contributed by atoms with Crippen molar-refractivity contribution in [3.8, 4) is 0 Å². The highest BCUT2D eigenvalue weighted by atomic mass is 32.2. The van der Waals surface area contributed by atoms with Crippen LogP contribution in [0.25, 0.3) is 0 Å². The van der Waals surface area contributed by atoms with Crippen LogP contribution in [0, 0.1) is 5.41 Å². The van der Waals surface area contributed by atoms with Crippen LogP contribution in [-0.4, -0.2) is 20.5 Å². The van der Waals surface area contributed by atoms with Crippen LogP contribution in [0.3, 0.4) is 0 Å². The highest BCUT2D eigenvalue weighted by Crippen LogP contribution is 2.45. The second-order valence-electron chi connectivity index (χ2n) is 6.97. The Morgan fingerprint density at radius 2 is 1.71 bits per heavy atom. The van der Waals surface area contributed by atoms with Crippen LogP contribution >= 0.6 is 0 Å². The van der Waals surface area contributed by atoms with Gasteiger partial charge in [0.1, 0.15) is 0 Å². The van der Waals surface area contributed by atoms with Crippen LogP contribution < -0.4 is 10.0 Å². The van der Waals surface area contributed by atoms with Gasteiger partial charge in [0.15, 0.2) is 0 Å². The summed E-state index contributed by atoms with van der Waals surface area (Å²) in [4.78, 5) is 0. The molecular weight excluding hydrogens is 284 g/mol. The second kappa shape index (κ2) is 6.07. The van der Waals surface area contributed by atoms with Crippen molar-refractivity contribution < 1.29 is 8.42 Å². The first-order valence-corrected chi connectivity index (χ1v) is 9.14. The molecule has 5 heteroatoms. The van der Waals surface area contributed by atoms with Crippen LogP contribution in [-0.2, 0) is 22.3 Å². The van der Waals surface area contributed by atoms with E-state index in [1.807, 2.05) is 24.3 Å². The molecule has 0 aliphatic heterocycles. The SMILES string of the molecule is CC(C)NCc1ccc(CS(=O)(=O)NC2CC2(C)C)cc1. The maximum Gasteiger partial charge on any atom is 0.216 e. The minimum Gasteiger partial charge on any atom is -0.310 e. The monoisotopic (exact) mass is 310 g/mol. The quantitative estimate of drug-likeness (QED) is 0.813. The van der Waals surface area contributed by atoms with E-state index in [2.05, 4.69) is 37.7 Å². The molecular formula is C16H26N2O2S. The van der Waals surface area contributed by atoms with Crippen LogP contribution in [0.1, 0.15) is 45.2 Å². The summed E-state index contributed by atoms with van der Waals surface area (Å²) in [6.07, 6.45) is 0.923. The number of rotatable bonds is 7. The Bertz CT molecular complexity index is 577. The minimum absolute atomic E-state index is 0.0530. The zero-order valence-electron chi connectivity index (χ0n) is 13.3. The third-order valence-corrected chi connectivity index (χ3v) is 5.29. The van der Waals surface area contributed by atoms with Gasteiger partial charge in [0.25, 0.3) is 0 Å². The van der Waals surface area contributed by atoms with Gasteiger partial charge in [-0.15, -0.1) is 0 Å². The smallest absolute Gasteiger partial charge is 0.216 e. The van der Waals surface area contributed by atoms with Crippen LogP contribution in [0.4, 0.5) is 0 Å². The van der Waals surface area contributed by atoms with Crippen molar-refractivity contribution in [2.75, 3.05) is 0 Å². The average molecular weight is 310 g/mol. The molecule has 0 spiro atoms. The van der Waals surface area contributed by atoms with Crippen molar-refractivity contribution in [3.63, 3.8) is 0 Å². The minimum atomic E-state index is -3.25. The Balaban J connectivity index is 1.90. The number of hydrogen-bond acceptors (Lipinski definition) is 3. The second-order valence-corrected chi connectivity index (χ2v) is 8.73. The Hall–Kier alpha value is -0.910. The third kappa shape index (κ3) is 5.09. The summed E-state index contributed by atoms with van der Waals surface area (Å²) < 4.78 is 27.0. The van der Waals surface area contributed by atoms with Gasteiger partial charge in [0.05, 0.1) is 5.75 Å². The van der Waals surface area contributed by atoms with Gasteiger partial charge in [-0.1, -0.05) is 52.0 Å². The molecule has 118 valence electrons. The van der Waals surface area contributed by atoms with E-state index in [0.717, 1.165) is 18.5 Å². The van der Waals surface area contributed by atoms with Crippen LogP contribution in [0.5, 0.6) is 0 Å². The zero-order valence-corrected chi connectivity index (χ0v) is 14.1. The van der Waals surface area contributed by atoms with E-state index < -0.39 is 10.0 Å². The van der Waals surface area contributed by atoms with E-state index in [4.69, 9.17) is 0 Å². The van der Waals surface area contributed by atoms with Gasteiger partial charge in [0.2, 0.25) is 10.0 Å². The average Bonchev–Trinajstić information content (AvgIpc) is 2.93. The Morgan fingerprint density at radius 1 is 1.19 bits per heavy atom. The maximum atomic E-state index is 12.1. The predicted octanol–water partition coefficient (Wildman–Crippen LogP) is 2.40. The molecule has 0 aromatic heterocycles. The zero-order chi connectivity index (χ0) is 15.7. The first-order chi connectivity index (χ1) is 9.68. The molecule has 0 saturated heterocycles. The van der Waals surface area contributed by atoms with E-state index in [1.165, 1.54) is 5.56 Å². The molecule has 21 heavy (non-hydrogen) atoms. The summed E-state index contributed by atoms with van der Waals surface area (Å²) in [6, 6.07) is 8.30. The van der Waals surface area contributed by atoms with Gasteiger partial charge in [-0.25, -0.2) is 13.1 Å². The van der Waals surface area contributed by atoms with E-state index in [0.29, 0.717) is 6.04 Å². The Morgan fingerprint density at radius 3 is 2.19 bits per heavy atom. The standard InChI is InChI=1S/C16H26N2O2S/c1-12(2)17-10-13-5-7-14(8-6-13)11-21(19,20)18-15-9-16(15,3)4/h5-8,12,15,17-18H,9-11H2,1-4H3. The van der Waals surface area contributed by atoms with Crippen LogP contribution in [0.2, 0.25) is 0 Å². The van der Waals surface area contributed by atoms with Crippen molar-refractivity contribution in [1.82, 2.24) is 10.0 Å². The number of nitrogens with one attached hydrogen (secondary N) is 2. The third-order valence-electron chi connectivity index (χ3n) is 3.93. The molecule has 0 heterocycles. The molecule has 1 fully saturated rings. The van der Waals surface area contributed by atoms with Gasteiger partial charge in [-0.3, -0.25) is 0 Å². The number of sulfonamides is 1. The summed E-state index contributed by atoms with van der Waals surface area (Å²) in [5.74, 6) is 0.0530. The Kier molecular flexibility index (Phi) is 4.76. The first kappa shape index (κ1) is 16.5. The molecule has 4 nitrogen and oxygen atoms in total. The molecule has 1 aliphatic rings. The molecule has 1 atom stereocenters. The van der Waals surface area contributed by atoms with Crippen molar-refractivity contribution in [2.45, 2.75) is 58.5 Å². The maximum absolute atomic E-state index is 12.1. The van der Waals surface area contributed by atoms with Crippen molar-refractivity contribution in [3.05, 3.63) is 35.4 Å². The fraction of sp³-hybridized carbons (Fsp3) is 0.625. The summed E-state index contributed by atoms with van der Waals surface area (Å²) in [6.45, 7) is 9.17. The fourth-order valence-electron chi connectivity index (χ4n) is 2.22. The van der Waals surface area contributed by atoms with Gasteiger partial charge < -0.3 is 5.32 Å². The van der Waals surface area contributed by atoms with E-state index in [9.17, 15) is 8.42 Å². The number of hydrogen-bond donors (Lipinski definition) is 2. The molecule has 1 saturated carbocycles. The molecule has 1 aromatic carbocycles. The van der Waals surface area contributed by atoms with Crippen LogP contribution in [0.15, 0.2) is 24.3 Å². The Labute approximate surface area is 128 Å². The van der Waals surface area contributed by atoms with Gasteiger partial charge in [0, 0.05) is 18.6 Å². The molecule has 0 amide bonds. The van der Waals surface area contributed by atoms with E-state index in [-0.39, 0.29) is 17.2 Å². The van der Waals surface area contributed by atoms with E-state index >= 15 is 0 Å². The highest BCUT2D eigenvalue weighted by molar-refractivity contribution is 7.88. The summed E-state index contributed by atoms with van der Waals surface area (Å²) in [7, 11) is -3.25. The van der Waals surface area contributed by atoms with Gasteiger partial charge in [-0.05, 0) is 23.0 Å². The molecule has 1 aromatic rings. The predicted molar refractivity (Wildman–Crippen MR) is 86.4 cm³/mol. The molecule has 2 N–H and O–H groups in total. The summed E-state index contributed by atoms with van der Waals surface area (Å²) >= 11 is 0. The molecule has 0 bridgehead atoms. The topological polar surface area (TPSA) is 58.2 Å². The lowest BCUT2D eigenvalue weighted by molar-refractivity contribution is 0.554. The fourth-order valence-corrected chi connectivity index (χ4v) is 3.77. The van der Waals surface area contributed by atoms with Gasteiger partial charge >= 0.3 is 0 Å².